The first-order chi connectivity index (χ1) is 18.1. The van der Waals surface area contributed by atoms with Crippen molar-refractivity contribution in [2.24, 2.45) is 5.73 Å². The van der Waals surface area contributed by atoms with Gasteiger partial charge in [0.2, 0.25) is 0 Å². The summed E-state index contributed by atoms with van der Waals surface area (Å²) < 4.78 is 11.5. The van der Waals surface area contributed by atoms with Gasteiger partial charge in [-0.25, -0.2) is 0 Å². The molecule has 0 saturated heterocycles. The average Bonchev–Trinajstić information content (AvgIpc) is 2.96. The summed E-state index contributed by atoms with van der Waals surface area (Å²) in [6, 6.07) is 33.3. The summed E-state index contributed by atoms with van der Waals surface area (Å²) >= 11 is 0. The highest BCUT2D eigenvalue weighted by Crippen LogP contribution is 2.26. The van der Waals surface area contributed by atoms with Crippen molar-refractivity contribution in [1.82, 2.24) is 5.32 Å². The van der Waals surface area contributed by atoms with E-state index in [4.69, 9.17) is 15.2 Å². The minimum Gasteiger partial charge on any atom is -0.489 e. The minimum atomic E-state index is -0.634. The number of aliphatic hydroxyl groups excluding tert-OH is 2. The van der Waals surface area contributed by atoms with E-state index in [0.29, 0.717) is 19.8 Å². The van der Waals surface area contributed by atoms with Crippen molar-refractivity contribution >= 4 is 0 Å². The number of benzene rings is 4. The lowest BCUT2D eigenvalue weighted by Crippen LogP contribution is -2.27. The van der Waals surface area contributed by atoms with Gasteiger partial charge in [-0.05, 0) is 52.1 Å². The molecular weight excluding hydrogens is 464 g/mol. The number of hydrogen-bond acceptors (Lipinski definition) is 6. The standard InChI is InChI=1S/C16H17NO2.C15H17NO2/c18-16-10-17-9-13-6-7-14(8-15(13)16)19-11-12-4-2-1-3-5-12;16-10-15(17)13-7-4-8-14(9-13)18-11-12-5-2-1-3-6-12/h1-8,16-18H,9-11H2;1-9,15,17H,10-11,16H2. The molecule has 0 saturated carbocycles. The topological polar surface area (TPSA) is 97.0 Å². The number of nitrogens with two attached hydrogens (primary N) is 1. The van der Waals surface area contributed by atoms with Gasteiger partial charge in [0.05, 0.1) is 12.2 Å². The number of nitrogens with one attached hydrogen (secondary N) is 1. The van der Waals surface area contributed by atoms with Gasteiger partial charge in [-0.3, -0.25) is 0 Å². The van der Waals surface area contributed by atoms with E-state index < -0.39 is 12.2 Å². The lowest BCUT2D eigenvalue weighted by molar-refractivity contribution is 0.164. The highest BCUT2D eigenvalue weighted by molar-refractivity contribution is 5.38. The Bertz CT molecular complexity index is 1230. The zero-order valence-corrected chi connectivity index (χ0v) is 20.8. The van der Waals surface area contributed by atoms with Crippen LogP contribution in [0.15, 0.2) is 103 Å². The van der Waals surface area contributed by atoms with Gasteiger partial charge in [0.15, 0.2) is 0 Å². The predicted molar refractivity (Wildman–Crippen MR) is 145 cm³/mol. The van der Waals surface area contributed by atoms with Crippen LogP contribution in [0.5, 0.6) is 11.5 Å². The molecule has 0 aromatic heterocycles. The van der Waals surface area contributed by atoms with Crippen LogP contribution in [0.1, 0.15) is 40.0 Å². The van der Waals surface area contributed by atoms with Crippen LogP contribution in [0.3, 0.4) is 0 Å². The molecule has 0 aliphatic carbocycles. The Balaban J connectivity index is 0.000000173. The van der Waals surface area contributed by atoms with Gasteiger partial charge < -0.3 is 30.7 Å². The number of fused-ring (bicyclic) bond motifs is 1. The fourth-order valence-corrected chi connectivity index (χ4v) is 4.02. The Hall–Kier alpha value is -3.68. The number of rotatable bonds is 8. The van der Waals surface area contributed by atoms with Gasteiger partial charge in [0, 0.05) is 19.6 Å². The molecule has 2 unspecified atom stereocenters. The number of β-amino-alcohol motifs (C(OH)–C–C–N with tert-alkyl or cyclic N) is 1. The van der Waals surface area contributed by atoms with Gasteiger partial charge in [-0.1, -0.05) is 78.9 Å². The molecule has 0 amide bonds. The Morgan fingerprint density at radius 1 is 0.784 bits per heavy atom. The smallest absolute Gasteiger partial charge is 0.120 e. The highest BCUT2D eigenvalue weighted by atomic mass is 16.5. The van der Waals surface area contributed by atoms with E-state index in [1.165, 1.54) is 0 Å². The quantitative estimate of drug-likeness (QED) is 0.282. The van der Waals surface area contributed by atoms with Crippen LogP contribution in [0.4, 0.5) is 0 Å². The van der Waals surface area contributed by atoms with Gasteiger partial charge in [-0.15, -0.1) is 0 Å². The first-order valence-corrected chi connectivity index (χ1v) is 12.5. The van der Waals surface area contributed by atoms with E-state index in [1.807, 2.05) is 103 Å². The lowest BCUT2D eigenvalue weighted by atomic mass is 9.98. The van der Waals surface area contributed by atoms with Crippen molar-refractivity contribution in [3.63, 3.8) is 0 Å². The molecular formula is C31H34N2O4. The fourth-order valence-electron chi connectivity index (χ4n) is 4.02. The van der Waals surface area contributed by atoms with Crippen molar-refractivity contribution in [2.75, 3.05) is 13.1 Å². The van der Waals surface area contributed by atoms with Crippen LogP contribution in [0, 0.1) is 0 Å². The second-order valence-electron chi connectivity index (χ2n) is 8.88. The van der Waals surface area contributed by atoms with Crippen molar-refractivity contribution in [3.8, 4) is 11.5 Å². The molecule has 6 nitrogen and oxygen atoms in total. The Morgan fingerprint density at radius 2 is 1.41 bits per heavy atom. The predicted octanol–water partition coefficient (Wildman–Crippen LogP) is 4.66. The molecule has 0 fully saturated rings. The third kappa shape index (κ3) is 7.90. The molecule has 1 aliphatic rings. The van der Waals surface area contributed by atoms with Gasteiger partial charge in [0.1, 0.15) is 24.7 Å². The van der Waals surface area contributed by atoms with E-state index in [9.17, 15) is 10.2 Å². The maximum atomic E-state index is 9.95. The second kappa shape index (κ2) is 13.6. The first-order valence-electron chi connectivity index (χ1n) is 12.5. The average molecular weight is 499 g/mol. The Labute approximate surface area is 218 Å². The third-order valence-corrected chi connectivity index (χ3v) is 6.09. The van der Waals surface area contributed by atoms with Crippen LogP contribution in [0.2, 0.25) is 0 Å². The normalized spacial score (nSPS) is 15.1. The van der Waals surface area contributed by atoms with Crippen molar-refractivity contribution in [3.05, 3.63) is 131 Å². The molecule has 192 valence electrons. The summed E-state index contributed by atoms with van der Waals surface area (Å²) in [6.07, 6.45) is -1.07. The zero-order valence-electron chi connectivity index (χ0n) is 20.8. The fraction of sp³-hybridized carbons (Fsp3) is 0.226. The Kier molecular flexibility index (Phi) is 9.68. The molecule has 1 heterocycles. The molecule has 1 aliphatic heterocycles. The van der Waals surface area contributed by atoms with E-state index >= 15 is 0 Å². The largest absolute Gasteiger partial charge is 0.489 e. The molecule has 2 atom stereocenters. The highest BCUT2D eigenvalue weighted by Gasteiger charge is 2.17. The van der Waals surface area contributed by atoms with Crippen molar-refractivity contribution < 1.29 is 19.7 Å². The lowest BCUT2D eigenvalue weighted by Gasteiger charge is -2.23. The third-order valence-electron chi connectivity index (χ3n) is 6.09. The summed E-state index contributed by atoms with van der Waals surface area (Å²) in [5.74, 6) is 1.55. The molecule has 5 rings (SSSR count). The number of ether oxygens (including phenoxy) is 2. The van der Waals surface area contributed by atoms with Crippen LogP contribution in [0.25, 0.3) is 0 Å². The summed E-state index contributed by atoms with van der Waals surface area (Å²) in [4.78, 5) is 0. The number of aliphatic hydroxyl groups is 2. The van der Waals surface area contributed by atoms with Crippen molar-refractivity contribution in [1.29, 1.82) is 0 Å². The molecule has 0 bridgehead atoms. The molecule has 0 radical (unpaired) electrons. The molecule has 4 aromatic carbocycles. The summed E-state index contributed by atoms with van der Waals surface area (Å²) in [7, 11) is 0. The van der Waals surface area contributed by atoms with E-state index in [1.54, 1.807) is 0 Å². The second-order valence-corrected chi connectivity index (χ2v) is 8.88. The SMILES string of the molecule is NCC(O)c1cccc(OCc2ccccc2)c1.OC1CNCc2ccc(OCc3ccccc3)cc21. The zero-order chi connectivity index (χ0) is 25.9. The van der Waals surface area contributed by atoms with Crippen LogP contribution < -0.4 is 20.5 Å². The van der Waals surface area contributed by atoms with E-state index in [0.717, 1.165) is 45.9 Å². The molecule has 6 heteroatoms. The van der Waals surface area contributed by atoms with Gasteiger partial charge >= 0.3 is 0 Å². The summed E-state index contributed by atoms with van der Waals surface area (Å²) in [5.41, 5.74) is 10.6. The molecule has 4 aromatic rings. The molecule has 5 N–H and O–H groups in total. The summed E-state index contributed by atoms with van der Waals surface area (Å²) in [6.45, 7) is 2.69. The van der Waals surface area contributed by atoms with Crippen LogP contribution in [-0.4, -0.2) is 23.3 Å². The maximum absolute atomic E-state index is 9.95. The Morgan fingerprint density at radius 3 is 2.03 bits per heavy atom. The van der Waals surface area contributed by atoms with Gasteiger partial charge in [0.25, 0.3) is 0 Å². The molecule has 37 heavy (non-hydrogen) atoms. The van der Waals surface area contributed by atoms with Crippen LogP contribution >= 0.6 is 0 Å². The number of hydrogen-bond donors (Lipinski definition) is 4. The van der Waals surface area contributed by atoms with Crippen molar-refractivity contribution in [2.45, 2.75) is 32.0 Å². The monoisotopic (exact) mass is 498 g/mol. The summed E-state index contributed by atoms with van der Waals surface area (Å²) in [5, 5.41) is 22.8. The first kappa shape index (κ1) is 26.4. The minimum absolute atomic E-state index is 0.210. The van der Waals surface area contributed by atoms with Crippen LogP contribution in [-0.2, 0) is 19.8 Å². The van der Waals surface area contributed by atoms with Gasteiger partial charge in [-0.2, -0.15) is 0 Å². The molecule has 0 spiro atoms. The van der Waals surface area contributed by atoms with E-state index in [-0.39, 0.29) is 6.54 Å². The maximum Gasteiger partial charge on any atom is 0.120 e. The van der Waals surface area contributed by atoms with E-state index in [2.05, 4.69) is 5.32 Å².